The summed E-state index contributed by atoms with van der Waals surface area (Å²) in [4.78, 5) is 15.5. The number of aryl methyl sites for hydroxylation is 1. The van der Waals surface area contributed by atoms with Crippen molar-refractivity contribution in [1.29, 1.82) is 0 Å². The summed E-state index contributed by atoms with van der Waals surface area (Å²) < 4.78 is 5.55. The average Bonchev–Trinajstić information content (AvgIpc) is 2.84. The number of thiazole rings is 1. The summed E-state index contributed by atoms with van der Waals surface area (Å²) in [6.45, 7) is 2.34. The van der Waals surface area contributed by atoms with Gasteiger partial charge < -0.3 is 10.1 Å². The molecular weight excluding hydrogens is 248 g/mol. The predicted octanol–water partition coefficient (Wildman–Crippen LogP) is 2.86. The van der Waals surface area contributed by atoms with Crippen molar-refractivity contribution in [1.82, 2.24) is 4.98 Å². The molecule has 0 aliphatic heterocycles. The van der Waals surface area contributed by atoms with Gasteiger partial charge in [0, 0.05) is 11.6 Å². The quantitative estimate of drug-likeness (QED) is 0.901. The van der Waals surface area contributed by atoms with E-state index in [0.29, 0.717) is 18.2 Å². The first-order valence-corrected chi connectivity index (χ1v) is 6.51. The standard InChI is InChI=1S/C13H14N2O2S/c1-10-4-2-3-5-11(10)17-8-6-12(16)15-13-14-7-9-18-13/h2-5,7,9H,6,8H2,1H3,(H,14,15,16). The number of hydrogen-bond acceptors (Lipinski definition) is 4. The summed E-state index contributed by atoms with van der Waals surface area (Å²) in [7, 11) is 0. The van der Waals surface area contributed by atoms with Crippen LogP contribution < -0.4 is 10.1 Å². The Morgan fingerprint density at radius 1 is 1.44 bits per heavy atom. The third-order valence-corrected chi connectivity index (χ3v) is 3.05. The highest BCUT2D eigenvalue weighted by molar-refractivity contribution is 7.13. The second-order valence-corrected chi connectivity index (χ2v) is 4.64. The van der Waals surface area contributed by atoms with E-state index in [1.54, 1.807) is 6.20 Å². The van der Waals surface area contributed by atoms with Crippen LogP contribution in [0, 0.1) is 6.92 Å². The van der Waals surface area contributed by atoms with Gasteiger partial charge in [-0.3, -0.25) is 4.79 Å². The van der Waals surface area contributed by atoms with Gasteiger partial charge in [-0.15, -0.1) is 11.3 Å². The number of carbonyl (C=O) groups is 1. The Morgan fingerprint density at radius 3 is 3.00 bits per heavy atom. The molecule has 0 atom stereocenters. The smallest absolute Gasteiger partial charge is 0.229 e. The lowest BCUT2D eigenvalue weighted by molar-refractivity contribution is -0.116. The molecule has 0 aliphatic rings. The fourth-order valence-corrected chi connectivity index (χ4v) is 1.98. The monoisotopic (exact) mass is 262 g/mol. The Labute approximate surface area is 110 Å². The van der Waals surface area contributed by atoms with Crippen molar-refractivity contribution in [3.05, 3.63) is 41.4 Å². The number of amides is 1. The molecule has 0 unspecified atom stereocenters. The van der Waals surface area contributed by atoms with Gasteiger partial charge in [0.15, 0.2) is 5.13 Å². The van der Waals surface area contributed by atoms with Crippen LogP contribution in [0.4, 0.5) is 5.13 Å². The van der Waals surface area contributed by atoms with Crippen molar-refractivity contribution >= 4 is 22.4 Å². The van der Waals surface area contributed by atoms with Crippen LogP contribution in [0.25, 0.3) is 0 Å². The molecule has 1 amide bonds. The number of hydrogen-bond donors (Lipinski definition) is 1. The van der Waals surface area contributed by atoms with E-state index in [2.05, 4.69) is 10.3 Å². The van der Waals surface area contributed by atoms with Crippen LogP contribution in [0.2, 0.25) is 0 Å². The highest BCUT2D eigenvalue weighted by Crippen LogP contribution is 2.16. The van der Waals surface area contributed by atoms with Crippen LogP contribution >= 0.6 is 11.3 Å². The lowest BCUT2D eigenvalue weighted by Gasteiger charge is -2.08. The van der Waals surface area contributed by atoms with Gasteiger partial charge >= 0.3 is 0 Å². The van der Waals surface area contributed by atoms with Gasteiger partial charge in [-0.1, -0.05) is 18.2 Å². The molecule has 4 nitrogen and oxygen atoms in total. The number of carbonyl (C=O) groups excluding carboxylic acids is 1. The second kappa shape index (κ2) is 6.16. The summed E-state index contributed by atoms with van der Waals surface area (Å²) in [6.07, 6.45) is 1.97. The molecule has 18 heavy (non-hydrogen) atoms. The fourth-order valence-electron chi connectivity index (χ4n) is 1.44. The van der Waals surface area contributed by atoms with Gasteiger partial charge in [-0.25, -0.2) is 4.98 Å². The third-order valence-electron chi connectivity index (χ3n) is 2.36. The van der Waals surface area contributed by atoms with Crippen molar-refractivity contribution in [2.24, 2.45) is 0 Å². The molecule has 0 fully saturated rings. The first-order chi connectivity index (χ1) is 8.75. The van der Waals surface area contributed by atoms with Gasteiger partial charge in [0.1, 0.15) is 5.75 Å². The van der Waals surface area contributed by atoms with Crippen LogP contribution in [0.3, 0.4) is 0 Å². The lowest BCUT2D eigenvalue weighted by atomic mass is 10.2. The van der Waals surface area contributed by atoms with Gasteiger partial charge in [-0.2, -0.15) is 0 Å². The van der Waals surface area contributed by atoms with Crippen molar-refractivity contribution < 1.29 is 9.53 Å². The molecule has 5 heteroatoms. The molecule has 0 radical (unpaired) electrons. The SMILES string of the molecule is Cc1ccccc1OCCC(=O)Nc1nccs1. The van der Waals surface area contributed by atoms with Crippen molar-refractivity contribution in [3.8, 4) is 5.75 Å². The van der Waals surface area contributed by atoms with Crippen LogP contribution in [0.1, 0.15) is 12.0 Å². The topological polar surface area (TPSA) is 51.2 Å². The summed E-state index contributed by atoms with van der Waals surface area (Å²) in [5, 5.41) is 5.15. The van der Waals surface area contributed by atoms with E-state index >= 15 is 0 Å². The number of anilines is 1. The summed E-state index contributed by atoms with van der Waals surface area (Å²) in [5.41, 5.74) is 1.07. The van der Waals surface area contributed by atoms with E-state index in [0.717, 1.165) is 11.3 Å². The number of aromatic nitrogens is 1. The number of para-hydroxylation sites is 1. The molecule has 1 heterocycles. The lowest BCUT2D eigenvalue weighted by Crippen LogP contribution is -2.15. The summed E-state index contributed by atoms with van der Waals surface area (Å²) >= 11 is 1.40. The number of rotatable bonds is 5. The normalized spacial score (nSPS) is 10.1. The van der Waals surface area contributed by atoms with Crippen LogP contribution in [-0.2, 0) is 4.79 Å². The van der Waals surface area contributed by atoms with Crippen LogP contribution in [-0.4, -0.2) is 17.5 Å². The maximum Gasteiger partial charge on any atom is 0.229 e. The Balaban J connectivity index is 1.75. The predicted molar refractivity (Wildman–Crippen MR) is 72.0 cm³/mol. The van der Waals surface area contributed by atoms with Gasteiger partial charge in [0.05, 0.1) is 13.0 Å². The molecule has 1 aromatic carbocycles. The van der Waals surface area contributed by atoms with E-state index in [-0.39, 0.29) is 5.91 Å². The summed E-state index contributed by atoms with van der Waals surface area (Å²) in [6, 6.07) is 7.74. The summed E-state index contributed by atoms with van der Waals surface area (Å²) in [5.74, 6) is 0.734. The number of ether oxygens (including phenoxy) is 1. The Hall–Kier alpha value is -1.88. The van der Waals surface area contributed by atoms with E-state index < -0.39 is 0 Å². The first-order valence-electron chi connectivity index (χ1n) is 5.63. The molecule has 2 rings (SSSR count). The number of nitrogens with zero attached hydrogens (tertiary/aromatic N) is 1. The molecule has 2 aromatic rings. The maximum atomic E-state index is 11.6. The Kier molecular flexibility index (Phi) is 4.30. The molecule has 0 saturated heterocycles. The third kappa shape index (κ3) is 3.56. The zero-order valence-electron chi connectivity index (χ0n) is 10.1. The molecule has 0 bridgehead atoms. The largest absolute Gasteiger partial charge is 0.493 e. The van der Waals surface area contributed by atoms with E-state index in [1.165, 1.54) is 11.3 Å². The minimum atomic E-state index is -0.0847. The van der Waals surface area contributed by atoms with Gasteiger partial charge in [-0.05, 0) is 18.6 Å². The van der Waals surface area contributed by atoms with Crippen molar-refractivity contribution in [2.45, 2.75) is 13.3 Å². The minimum Gasteiger partial charge on any atom is -0.493 e. The van der Waals surface area contributed by atoms with Gasteiger partial charge in [0.2, 0.25) is 5.91 Å². The molecule has 0 aliphatic carbocycles. The van der Waals surface area contributed by atoms with E-state index in [4.69, 9.17) is 4.74 Å². The Morgan fingerprint density at radius 2 is 2.28 bits per heavy atom. The number of nitrogens with one attached hydrogen (secondary N) is 1. The molecule has 94 valence electrons. The zero-order valence-corrected chi connectivity index (χ0v) is 10.9. The molecular formula is C13H14N2O2S. The highest BCUT2D eigenvalue weighted by atomic mass is 32.1. The Bertz CT molecular complexity index is 511. The highest BCUT2D eigenvalue weighted by Gasteiger charge is 2.05. The van der Waals surface area contributed by atoms with E-state index in [1.807, 2.05) is 36.6 Å². The number of benzene rings is 1. The maximum absolute atomic E-state index is 11.6. The molecule has 0 saturated carbocycles. The molecule has 1 aromatic heterocycles. The second-order valence-electron chi connectivity index (χ2n) is 3.75. The van der Waals surface area contributed by atoms with Crippen molar-refractivity contribution in [3.63, 3.8) is 0 Å². The average molecular weight is 262 g/mol. The van der Waals surface area contributed by atoms with Crippen LogP contribution in [0.5, 0.6) is 5.75 Å². The van der Waals surface area contributed by atoms with Gasteiger partial charge in [0.25, 0.3) is 0 Å². The van der Waals surface area contributed by atoms with Crippen molar-refractivity contribution in [2.75, 3.05) is 11.9 Å². The zero-order chi connectivity index (χ0) is 12.8. The first kappa shape index (κ1) is 12.6. The fraction of sp³-hybridized carbons (Fsp3) is 0.231. The molecule has 1 N–H and O–H groups in total. The van der Waals surface area contributed by atoms with Crippen LogP contribution in [0.15, 0.2) is 35.8 Å². The van der Waals surface area contributed by atoms with E-state index in [9.17, 15) is 4.79 Å². The minimum absolute atomic E-state index is 0.0847. The molecule has 0 spiro atoms.